The molecule has 1 aromatic heterocycles. The van der Waals surface area contributed by atoms with Crippen molar-refractivity contribution in [3.8, 4) is 0 Å². The van der Waals surface area contributed by atoms with Crippen molar-refractivity contribution >= 4 is 44.9 Å². The summed E-state index contributed by atoms with van der Waals surface area (Å²) in [6.07, 6.45) is 2.95. The van der Waals surface area contributed by atoms with Gasteiger partial charge in [0.25, 0.3) is 5.91 Å². The maximum absolute atomic E-state index is 14.0. The Labute approximate surface area is 162 Å². The number of hydrogen-bond donors (Lipinski definition) is 1. The average Bonchev–Trinajstić information content (AvgIpc) is 2.63. The first-order valence-corrected chi connectivity index (χ1v) is 8.63. The maximum Gasteiger partial charge on any atom is 0.257 e. The third-order valence-corrected chi connectivity index (χ3v) is 4.23. The molecule has 1 amide bonds. The number of rotatable bonds is 4. The Bertz CT molecular complexity index is 1010. The number of carbonyl (C=O) groups excluding carboxylic acids is 2. The van der Waals surface area contributed by atoms with Crippen molar-refractivity contribution < 1.29 is 14.0 Å². The van der Waals surface area contributed by atoms with Crippen LogP contribution in [0.5, 0.6) is 0 Å². The summed E-state index contributed by atoms with van der Waals surface area (Å²) in [5, 5.41) is 2.95. The van der Waals surface area contributed by atoms with Gasteiger partial charge >= 0.3 is 0 Å². The minimum Gasteiger partial charge on any atom is -0.321 e. The van der Waals surface area contributed by atoms with Gasteiger partial charge in [0.1, 0.15) is 5.82 Å². The molecule has 0 bridgehead atoms. The van der Waals surface area contributed by atoms with E-state index in [2.05, 4.69) is 26.2 Å². The van der Waals surface area contributed by atoms with Gasteiger partial charge in [0.15, 0.2) is 5.78 Å². The van der Waals surface area contributed by atoms with E-state index in [0.717, 1.165) is 0 Å². The van der Waals surface area contributed by atoms with Crippen LogP contribution in [0.15, 0.2) is 65.4 Å². The third kappa shape index (κ3) is 3.98. The van der Waals surface area contributed by atoms with Crippen LogP contribution in [0.4, 0.5) is 10.1 Å². The number of carbonyl (C=O) groups is 2. The van der Waals surface area contributed by atoms with E-state index in [1.165, 1.54) is 42.6 Å². The molecule has 1 N–H and O–H groups in total. The standard InChI is InChI=1S/C19H11BrClFN2O2/c20-12-7-11(9-23-10-12)19(26)24-17-6-5-13(21)8-15(17)18(25)14-3-1-2-4-16(14)22/h1-10H,(H,24,26). The first-order valence-electron chi connectivity index (χ1n) is 7.46. The summed E-state index contributed by atoms with van der Waals surface area (Å²) in [5.74, 6) is -1.68. The van der Waals surface area contributed by atoms with Crippen molar-refractivity contribution in [3.05, 3.63) is 92.9 Å². The van der Waals surface area contributed by atoms with Crippen LogP contribution in [-0.2, 0) is 0 Å². The van der Waals surface area contributed by atoms with Crippen molar-refractivity contribution in [1.29, 1.82) is 0 Å². The summed E-state index contributed by atoms with van der Waals surface area (Å²) in [4.78, 5) is 29.1. The predicted molar refractivity (Wildman–Crippen MR) is 101 cm³/mol. The maximum atomic E-state index is 14.0. The zero-order chi connectivity index (χ0) is 18.7. The molecular weight excluding hydrogens is 423 g/mol. The molecule has 0 aliphatic rings. The summed E-state index contributed by atoms with van der Waals surface area (Å²) in [7, 11) is 0. The number of aromatic nitrogens is 1. The summed E-state index contributed by atoms with van der Waals surface area (Å²) >= 11 is 9.23. The highest BCUT2D eigenvalue weighted by Gasteiger charge is 2.19. The zero-order valence-electron chi connectivity index (χ0n) is 13.2. The molecule has 0 unspecified atom stereocenters. The number of hydrogen-bond acceptors (Lipinski definition) is 3. The fourth-order valence-corrected chi connectivity index (χ4v) is 2.87. The van der Waals surface area contributed by atoms with Gasteiger partial charge in [-0.15, -0.1) is 0 Å². The van der Waals surface area contributed by atoms with Crippen LogP contribution >= 0.6 is 27.5 Å². The molecule has 0 spiro atoms. The first-order chi connectivity index (χ1) is 12.5. The van der Waals surface area contributed by atoms with Crippen molar-refractivity contribution in [3.63, 3.8) is 0 Å². The lowest BCUT2D eigenvalue weighted by Gasteiger charge is -2.11. The Morgan fingerprint density at radius 2 is 1.81 bits per heavy atom. The number of benzene rings is 2. The lowest BCUT2D eigenvalue weighted by Crippen LogP contribution is -2.16. The number of nitrogens with one attached hydrogen (secondary N) is 1. The molecule has 2 aromatic carbocycles. The molecule has 0 saturated heterocycles. The Morgan fingerprint density at radius 3 is 2.54 bits per heavy atom. The van der Waals surface area contributed by atoms with Gasteiger partial charge in [-0.25, -0.2) is 4.39 Å². The van der Waals surface area contributed by atoms with Gasteiger partial charge in [-0.05, 0) is 52.3 Å². The van der Waals surface area contributed by atoms with Crippen molar-refractivity contribution in [2.45, 2.75) is 0 Å². The molecule has 0 atom stereocenters. The predicted octanol–water partition coefficient (Wildman–Crippen LogP) is 5.12. The van der Waals surface area contributed by atoms with E-state index in [-0.39, 0.29) is 16.8 Å². The second kappa shape index (κ2) is 7.76. The highest BCUT2D eigenvalue weighted by atomic mass is 79.9. The zero-order valence-corrected chi connectivity index (χ0v) is 15.5. The van der Waals surface area contributed by atoms with Gasteiger partial charge in [0, 0.05) is 27.5 Å². The smallest absolute Gasteiger partial charge is 0.257 e. The quantitative estimate of drug-likeness (QED) is 0.581. The summed E-state index contributed by atoms with van der Waals surface area (Å²) in [6.45, 7) is 0. The fraction of sp³-hybridized carbons (Fsp3) is 0. The van der Waals surface area contributed by atoms with E-state index in [0.29, 0.717) is 15.1 Å². The van der Waals surface area contributed by atoms with Crippen LogP contribution < -0.4 is 5.32 Å². The molecule has 26 heavy (non-hydrogen) atoms. The van der Waals surface area contributed by atoms with Gasteiger partial charge < -0.3 is 5.32 Å². The summed E-state index contributed by atoms with van der Waals surface area (Å²) in [5.41, 5.74) is 0.527. The van der Waals surface area contributed by atoms with Gasteiger partial charge in [-0.3, -0.25) is 14.6 Å². The Hall–Kier alpha value is -2.57. The van der Waals surface area contributed by atoms with E-state index in [9.17, 15) is 14.0 Å². The first kappa shape index (κ1) is 18.2. The molecule has 1 heterocycles. The monoisotopic (exact) mass is 432 g/mol. The number of amides is 1. The molecule has 0 aliphatic carbocycles. The van der Waals surface area contributed by atoms with Gasteiger partial charge in [0.05, 0.1) is 16.8 Å². The third-order valence-electron chi connectivity index (χ3n) is 3.56. The molecule has 0 saturated carbocycles. The van der Waals surface area contributed by atoms with Crippen LogP contribution in [0.3, 0.4) is 0 Å². The Morgan fingerprint density at radius 1 is 1.04 bits per heavy atom. The largest absolute Gasteiger partial charge is 0.321 e. The van der Waals surface area contributed by atoms with Gasteiger partial charge in [0.2, 0.25) is 0 Å². The SMILES string of the molecule is O=C(Nc1ccc(Cl)cc1C(=O)c1ccccc1F)c1cncc(Br)c1. The molecule has 0 radical (unpaired) electrons. The molecule has 3 rings (SSSR count). The second-order valence-corrected chi connectivity index (χ2v) is 6.70. The summed E-state index contributed by atoms with van der Waals surface area (Å²) in [6, 6.07) is 11.7. The molecule has 0 fully saturated rings. The highest BCUT2D eigenvalue weighted by molar-refractivity contribution is 9.10. The molecule has 4 nitrogen and oxygen atoms in total. The molecule has 7 heteroatoms. The number of ketones is 1. The number of nitrogens with zero attached hydrogens (tertiary/aromatic N) is 1. The van der Waals surface area contributed by atoms with Crippen LogP contribution in [0.1, 0.15) is 26.3 Å². The van der Waals surface area contributed by atoms with Crippen LogP contribution in [0, 0.1) is 5.82 Å². The lowest BCUT2D eigenvalue weighted by molar-refractivity contribution is 0.102. The Balaban J connectivity index is 1.97. The van der Waals surface area contributed by atoms with E-state index in [4.69, 9.17) is 11.6 Å². The van der Waals surface area contributed by atoms with E-state index in [1.54, 1.807) is 18.3 Å². The minimum absolute atomic E-state index is 0.0962. The average molecular weight is 434 g/mol. The number of halogens is 3. The van der Waals surface area contributed by atoms with Crippen LogP contribution in [0.2, 0.25) is 5.02 Å². The van der Waals surface area contributed by atoms with Gasteiger partial charge in [-0.2, -0.15) is 0 Å². The topological polar surface area (TPSA) is 59.1 Å². The molecule has 130 valence electrons. The molecule has 3 aromatic rings. The van der Waals surface area contributed by atoms with E-state index in [1.807, 2.05) is 0 Å². The van der Waals surface area contributed by atoms with Crippen LogP contribution in [-0.4, -0.2) is 16.7 Å². The van der Waals surface area contributed by atoms with Crippen molar-refractivity contribution in [2.24, 2.45) is 0 Å². The van der Waals surface area contributed by atoms with E-state index >= 15 is 0 Å². The fourth-order valence-electron chi connectivity index (χ4n) is 2.33. The molecule has 0 aliphatic heterocycles. The number of pyridine rings is 1. The number of anilines is 1. The highest BCUT2D eigenvalue weighted by Crippen LogP contribution is 2.25. The Kier molecular flexibility index (Phi) is 5.44. The van der Waals surface area contributed by atoms with Crippen molar-refractivity contribution in [1.82, 2.24) is 4.98 Å². The summed E-state index contributed by atoms with van der Waals surface area (Å²) < 4.78 is 14.6. The second-order valence-electron chi connectivity index (χ2n) is 5.34. The van der Waals surface area contributed by atoms with Crippen molar-refractivity contribution in [2.75, 3.05) is 5.32 Å². The van der Waals surface area contributed by atoms with E-state index < -0.39 is 17.5 Å². The van der Waals surface area contributed by atoms with Crippen LogP contribution in [0.25, 0.3) is 0 Å². The normalized spacial score (nSPS) is 10.4. The minimum atomic E-state index is -0.647. The molecular formula is C19H11BrClFN2O2. The van der Waals surface area contributed by atoms with Gasteiger partial charge in [-0.1, -0.05) is 23.7 Å². The lowest BCUT2D eigenvalue weighted by atomic mass is 10.0.